The molecule has 0 saturated heterocycles. The van der Waals surface area contributed by atoms with Gasteiger partial charge >= 0.3 is 0 Å². The summed E-state index contributed by atoms with van der Waals surface area (Å²) >= 11 is 0. The smallest absolute Gasteiger partial charge is 0.0307 e. The van der Waals surface area contributed by atoms with Gasteiger partial charge in [0.15, 0.2) is 0 Å². The van der Waals surface area contributed by atoms with Gasteiger partial charge in [-0.25, -0.2) is 0 Å². The number of hydrogen-bond acceptors (Lipinski definition) is 0. The summed E-state index contributed by atoms with van der Waals surface area (Å²) in [5.41, 5.74) is 2.76. The van der Waals surface area contributed by atoms with Gasteiger partial charge < -0.3 is 0 Å². The Morgan fingerprint density at radius 1 is 0.917 bits per heavy atom. The molecule has 0 bridgehead atoms. The van der Waals surface area contributed by atoms with Gasteiger partial charge in [-0.15, -0.1) is 0 Å². The van der Waals surface area contributed by atoms with Crippen molar-refractivity contribution in [3.63, 3.8) is 0 Å². The van der Waals surface area contributed by atoms with Crippen LogP contribution in [0.15, 0.2) is 24.3 Å². The Kier molecular flexibility index (Phi) is 6.45. The van der Waals surface area contributed by atoms with Crippen molar-refractivity contribution in [2.45, 2.75) is 40.5 Å². The maximum atomic E-state index is 2.18. The summed E-state index contributed by atoms with van der Waals surface area (Å²) < 4.78 is 0. The van der Waals surface area contributed by atoms with E-state index in [0.717, 1.165) is 6.42 Å². The maximum absolute atomic E-state index is 2.18. The maximum Gasteiger partial charge on any atom is -0.0307 e. The Labute approximate surface area is 76.6 Å². The monoisotopic (exact) mass is 164 g/mol. The van der Waals surface area contributed by atoms with E-state index < -0.39 is 0 Å². The van der Waals surface area contributed by atoms with E-state index in [2.05, 4.69) is 52.0 Å². The Balaban J connectivity index is 0.000000354. The van der Waals surface area contributed by atoms with E-state index in [1.54, 1.807) is 0 Å². The highest BCUT2D eigenvalue weighted by atomic mass is 13.9. The van der Waals surface area contributed by atoms with Gasteiger partial charge in [0.05, 0.1) is 0 Å². The first-order chi connectivity index (χ1) is 5.74. The van der Waals surface area contributed by atoms with Gasteiger partial charge in [0.25, 0.3) is 0 Å². The Bertz CT molecular complexity index is 184. The zero-order valence-electron chi connectivity index (χ0n) is 8.72. The Hall–Kier alpha value is -0.780. The molecule has 12 heavy (non-hydrogen) atoms. The van der Waals surface area contributed by atoms with Crippen molar-refractivity contribution in [2.24, 2.45) is 0 Å². The van der Waals surface area contributed by atoms with E-state index in [4.69, 9.17) is 0 Å². The molecule has 0 heteroatoms. The first-order valence-corrected chi connectivity index (χ1v) is 4.80. The van der Waals surface area contributed by atoms with Crippen molar-refractivity contribution in [3.05, 3.63) is 35.4 Å². The lowest BCUT2D eigenvalue weighted by Gasteiger charge is -1.94. The highest BCUT2D eigenvalue weighted by Crippen LogP contribution is 2.02. The van der Waals surface area contributed by atoms with E-state index in [9.17, 15) is 0 Å². The minimum Gasteiger partial charge on any atom is -0.0656 e. The second-order valence-corrected chi connectivity index (χ2v) is 3.05. The molecule has 0 unspecified atom stereocenters. The first kappa shape index (κ1) is 11.2. The third-order valence-electron chi connectivity index (χ3n) is 1.53. The molecule has 0 heterocycles. The van der Waals surface area contributed by atoms with Gasteiger partial charge in [0, 0.05) is 0 Å². The zero-order valence-corrected chi connectivity index (χ0v) is 8.72. The third-order valence-corrected chi connectivity index (χ3v) is 1.53. The topological polar surface area (TPSA) is 0 Å². The molecule has 0 atom stereocenters. The molecular formula is C12H20. The van der Waals surface area contributed by atoms with Gasteiger partial charge in [-0.05, 0) is 18.9 Å². The molecule has 1 rings (SSSR count). The molecule has 0 radical (unpaired) electrons. The molecular weight excluding hydrogens is 144 g/mol. The van der Waals surface area contributed by atoms with Crippen LogP contribution in [0, 0.1) is 6.92 Å². The molecule has 0 nitrogen and oxygen atoms in total. The molecule has 0 N–H and O–H groups in total. The van der Waals surface area contributed by atoms with Crippen molar-refractivity contribution in [3.8, 4) is 0 Å². The lowest BCUT2D eigenvalue weighted by atomic mass is 10.1. The van der Waals surface area contributed by atoms with Crippen molar-refractivity contribution in [1.82, 2.24) is 0 Å². The van der Waals surface area contributed by atoms with Crippen LogP contribution in [0.3, 0.4) is 0 Å². The summed E-state index contributed by atoms with van der Waals surface area (Å²) in [6, 6.07) is 8.66. The highest BCUT2D eigenvalue weighted by molar-refractivity contribution is 5.20. The van der Waals surface area contributed by atoms with Gasteiger partial charge in [0.1, 0.15) is 0 Å². The summed E-state index contributed by atoms with van der Waals surface area (Å²) in [7, 11) is 0. The molecule has 0 aliphatic rings. The van der Waals surface area contributed by atoms with Crippen molar-refractivity contribution in [1.29, 1.82) is 0 Å². The Morgan fingerprint density at radius 3 is 1.67 bits per heavy atom. The number of benzene rings is 1. The molecule has 0 aliphatic heterocycles. The second kappa shape index (κ2) is 6.90. The fraction of sp³-hybridized carbons (Fsp3) is 0.500. The van der Waals surface area contributed by atoms with Crippen molar-refractivity contribution < 1.29 is 0 Å². The largest absolute Gasteiger partial charge is 0.0656 e. The zero-order chi connectivity index (χ0) is 9.40. The molecule has 68 valence electrons. The number of rotatable bonds is 1. The molecule has 0 amide bonds. The summed E-state index contributed by atoms with van der Waals surface area (Å²) in [6.45, 7) is 8.53. The molecule has 0 aromatic heterocycles. The summed E-state index contributed by atoms with van der Waals surface area (Å²) in [5, 5.41) is 0. The van der Waals surface area contributed by atoms with Crippen LogP contribution < -0.4 is 0 Å². The molecule has 1 aromatic carbocycles. The number of aryl methyl sites for hydroxylation is 2. The third kappa shape index (κ3) is 4.95. The number of hydrogen-bond donors (Lipinski definition) is 0. The Morgan fingerprint density at radius 2 is 1.33 bits per heavy atom. The second-order valence-electron chi connectivity index (χ2n) is 3.05. The fourth-order valence-corrected chi connectivity index (χ4v) is 0.824. The molecule has 0 fully saturated rings. The van der Waals surface area contributed by atoms with Gasteiger partial charge in [-0.1, -0.05) is 57.0 Å². The van der Waals surface area contributed by atoms with Gasteiger partial charge in [-0.3, -0.25) is 0 Å². The average molecular weight is 164 g/mol. The highest BCUT2D eigenvalue weighted by Gasteiger charge is 1.84. The first-order valence-electron chi connectivity index (χ1n) is 4.80. The molecule has 0 saturated carbocycles. The summed E-state index contributed by atoms with van der Waals surface area (Å²) in [4.78, 5) is 0. The van der Waals surface area contributed by atoms with Gasteiger partial charge in [-0.2, -0.15) is 0 Å². The van der Waals surface area contributed by atoms with E-state index in [-0.39, 0.29) is 0 Å². The van der Waals surface area contributed by atoms with Crippen LogP contribution in [0.5, 0.6) is 0 Å². The summed E-state index contributed by atoms with van der Waals surface area (Å²) in [5.74, 6) is 0. The van der Waals surface area contributed by atoms with Crippen LogP contribution in [0.2, 0.25) is 0 Å². The summed E-state index contributed by atoms with van der Waals surface area (Å²) in [6.07, 6.45) is 2.39. The minimum atomic E-state index is 1.14. The standard InChI is InChI=1S/C9H12.C3H8/c1-3-9-6-4-8(2)5-7-9;1-3-2/h4-7H,3H2,1-2H3;3H2,1-2H3. The quantitative estimate of drug-likeness (QED) is 0.589. The van der Waals surface area contributed by atoms with Crippen LogP contribution in [0.1, 0.15) is 38.3 Å². The SMILES string of the molecule is CCC.CCc1ccc(C)cc1. The molecule has 0 spiro atoms. The van der Waals surface area contributed by atoms with Crippen LogP contribution in [0.4, 0.5) is 0 Å². The van der Waals surface area contributed by atoms with Crippen LogP contribution >= 0.6 is 0 Å². The van der Waals surface area contributed by atoms with E-state index in [1.165, 1.54) is 17.5 Å². The predicted octanol–water partition coefficient (Wildman–Crippen LogP) is 3.97. The average Bonchev–Trinajstić information content (AvgIpc) is 2.07. The van der Waals surface area contributed by atoms with E-state index >= 15 is 0 Å². The molecule has 0 aliphatic carbocycles. The van der Waals surface area contributed by atoms with Crippen LogP contribution in [-0.2, 0) is 6.42 Å². The lowest BCUT2D eigenvalue weighted by Crippen LogP contribution is -1.77. The normalized spacial score (nSPS) is 8.67. The van der Waals surface area contributed by atoms with Gasteiger partial charge in [0.2, 0.25) is 0 Å². The van der Waals surface area contributed by atoms with Crippen molar-refractivity contribution in [2.75, 3.05) is 0 Å². The fourth-order valence-electron chi connectivity index (χ4n) is 0.824. The molecule has 1 aromatic rings. The minimum absolute atomic E-state index is 1.14. The van der Waals surface area contributed by atoms with Crippen LogP contribution in [-0.4, -0.2) is 0 Å². The van der Waals surface area contributed by atoms with E-state index in [1.807, 2.05) is 0 Å². The predicted molar refractivity (Wildman–Crippen MR) is 56.5 cm³/mol. The lowest BCUT2D eigenvalue weighted by molar-refractivity contribution is 1.09. The van der Waals surface area contributed by atoms with E-state index in [0.29, 0.717) is 0 Å². The van der Waals surface area contributed by atoms with Crippen LogP contribution in [0.25, 0.3) is 0 Å². The van der Waals surface area contributed by atoms with Crippen molar-refractivity contribution >= 4 is 0 Å².